The molecule has 1 aliphatic heterocycles. The van der Waals surface area contributed by atoms with Crippen LogP contribution in [0, 0.1) is 0 Å². The number of rotatable bonds is 6. The van der Waals surface area contributed by atoms with Crippen molar-refractivity contribution in [2.45, 2.75) is 109 Å². The molecule has 150 valence electrons. The van der Waals surface area contributed by atoms with Crippen molar-refractivity contribution in [3.8, 4) is 0 Å². The number of carbonyl (C=O) groups is 1. The van der Waals surface area contributed by atoms with Crippen LogP contribution in [-0.2, 0) is 18.4 Å². The zero-order valence-corrected chi connectivity index (χ0v) is 20.5. The van der Waals surface area contributed by atoms with Gasteiger partial charge in [0.1, 0.15) is 24.1 Å². The normalized spacial score (nSPS) is 30.7. The number of aldehydes is 1. The third kappa shape index (κ3) is 3.68. The van der Waals surface area contributed by atoms with E-state index in [-0.39, 0.29) is 28.4 Å². The van der Waals surface area contributed by atoms with Gasteiger partial charge in [-0.1, -0.05) is 41.5 Å². The fourth-order valence-electron chi connectivity index (χ4n) is 3.06. The predicted octanol–water partition coefficient (Wildman–Crippen LogP) is 5.06. The summed E-state index contributed by atoms with van der Waals surface area (Å²) in [5.74, 6) is 0. The lowest BCUT2D eigenvalue weighted by atomic mass is 9.97. The Hall–Kier alpha value is -0.276. The minimum atomic E-state index is -2.09. The van der Waals surface area contributed by atoms with Crippen molar-refractivity contribution in [2.75, 3.05) is 0 Å². The summed E-state index contributed by atoms with van der Waals surface area (Å²) in [6, 6.07) is 0. The lowest BCUT2D eigenvalue weighted by Crippen LogP contribution is -2.59. The average molecular weight is 399 g/mol. The fraction of sp³-hybridized carbons (Fsp3) is 0.850. The second-order valence-electron chi connectivity index (χ2n) is 11.0. The molecule has 1 fully saturated rings. The van der Waals surface area contributed by atoms with Crippen LogP contribution in [0.2, 0.25) is 36.3 Å². The molecule has 0 unspecified atom stereocenters. The smallest absolute Gasteiger partial charge is 0.193 e. The molecule has 6 heteroatoms. The summed E-state index contributed by atoms with van der Waals surface area (Å²) in [6.07, 6.45) is 2.54. The van der Waals surface area contributed by atoms with Gasteiger partial charge in [0, 0.05) is 5.57 Å². The van der Waals surface area contributed by atoms with Crippen LogP contribution in [0.25, 0.3) is 0 Å². The molecule has 0 aromatic carbocycles. The SMILES string of the molecule is C[C@H](O[Si](C)(C)C(C)(C)C)[C@]1(O[Si](C)(C)C(C)(C)C)C=C(C=O)[C@H]2O[C@H]21. The van der Waals surface area contributed by atoms with Gasteiger partial charge in [-0.2, -0.15) is 0 Å². The second-order valence-corrected chi connectivity index (χ2v) is 20.5. The molecule has 0 N–H and O–H groups in total. The van der Waals surface area contributed by atoms with E-state index >= 15 is 0 Å². The van der Waals surface area contributed by atoms with E-state index < -0.39 is 22.2 Å². The third-order valence-corrected chi connectivity index (χ3v) is 16.0. The summed E-state index contributed by atoms with van der Waals surface area (Å²) in [5, 5.41) is 0.178. The topological polar surface area (TPSA) is 48.1 Å². The minimum absolute atomic E-state index is 0.0683. The lowest BCUT2D eigenvalue weighted by molar-refractivity contribution is -0.105. The van der Waals surface area contributed by atoms with Crippen LogP contribution in [0.15, 0.2) is 11.6 Å². The molecule has 26 heavy (non-hydrogen) atoms. The summed E-state index contributed by atoms with van der Waals surface area (Å²) in [6.45, 7) is 24.5. The number of carbonyl (C=O) groups excluding carboxylic acids is 1. The van der Waals surface area contributed by atoms with Crippen LogP contribution in [0.3, 0.4) is 0 Å². The largest absolute Gasteiger partial charge is 0.411 e. The molecule has 0 saturated carbocycles. The van der Waals surface area contributed by atoms with Crippen LogP contribution >= 0.6 is 0 Å². The van der Waals surface area contributed by atoms with Gasteiger partial charge in [0.15, 0.2) is 16.6 Å². The van der Waals surface area contributed by atoms with Gasteiger partial charge in [0.2, 0.25) is 0 Å². The number of epoxide rings is 1. The molecule has 1 heterocycles. The van der Waals surface area contributed by atoms with Crippen molar-refractivity contribution in [3.63, 3.8) is 0 Å². The van der Waals surface area contributed by atoms with Gasteiger partial charge in [-0.3, -0.25) is 4.79 Å². The first-order valence-corrected chi connectivity index (χ1v) is 15.5. The number of fused-ring (bicyclic) bond motifs is 1. The Labute approximate surface area is 161 Å². The summed E-state index contributed by atoms with van der Waals surface area (Å²) in [4.78, 5) is 11.5. The molecular formula is C20H38O4Si2. The zero-order valence-electron chi connectivity index (χ0n) is 18.5. The Morgan fingerprint density at radius 3 is 1.96 bits per heavy atom. The highest BCUT2D eigenvalue weighted by atomic mass is 28.4. The number of hydrogen-bond acceptors (Lipinski definition) is 4. The molecule has 0 aromatic heterocycles. The van der Waals surface area contributed by atoms with Crippen molar-refractivity contribution in [1.82, 2.24) is 0 Å². The van der Waals surface area contributed by atoms with Gasteiger partial charge >= 0.3 is 0 Å². The summed E-state index contributed by atoms with van der Waals surface area (Å²) in [7, 11) is -4.07. The van der Waals surface area contributed by atoms with E-state index in [0.29, 0.717) is 5.57 Å². The van der Waals surface area contributed by atoms with Gasteiger partial charge in [0.25, 0.3) is 0 Å². The maximum absolute atomic E-state index is 11.5. The first kappa shape index (κ1) is 22.0. The number of ether oxygens (including phenoxy) is 1. The Balaban J connectivity index is 2.41. The summed E-state index contributed by atoms with van der Waals surface area (Å²) < 4.78 is 19.6. The molecule has 2 aliphatic rings. The van der Waals surface area contributed by atoms with E-state index in [9.17, 15) is 4.79 Å². The van der Waals surface area contributed by atoms with Crippen molar-refractivity contribution < 1.29 is 18.4 Å². The third-order valence-electron chi connectivity index (χ3n) is 6.94. The molecule has 2 rings (SSSR count). The molecule has 4 atom stereocenters. The van der Waals surface area contributed by atoms with E-state index in [1.54, 1.807) is 0 Å². The van der Waals surface area contributed by atoms with Crippen LogP contribution < -0.4 is 0 Å². The van der Waals surface area contributed by atoms with E-state index in [2.05, 4.69) is 74.7 Å². The Morgan fingerprint density at radius 1 is 1.08 bits per heavy atom. The predicted molar refractivity (Wildman–Crippen MR) is 112 cm³/mol. The zero-order chi connectivity index (χ0) is 20.3. The van der Waals surface area contributed by atoms with Crippen molar-refractivity contribution in [3.05, 3.63) is 11.6 Å². The van der Waals surface area contributed by atoms with E-state index in [4.69, 9.17) is 13.6 Å². The van der Waals surface area contributed by atoms with E-state index in [1.165, 1.54) is 0 Å². The molecule has 0 aromatic rings. The van der Waals surface area contributed by atoms with Gasteiger partial charge in [-0.15, -0.1) is 0 Å². The highest BCUT2D eigenvalue weighted by Gasteiger charge is 2.66. The molecule has 0 spiro atoms. The average Bonchev–Trinajstić information content (AvgIpc) is 3.15. The van der Waals surface area contributed by atoms with Crippen LogP contribution in [0.1, 0.15) is 48.5 Å². The highest BCUT2D eigenvalue weighted by Crippen LogP contribution is 2.53. The van der Waals surface area contributed by atoms with E-state index in [0.717, 1.165) is 6.29 Å². The van der Waals surface area contributed by atoms with Crippen molar-refractivity contribution in [2.24, 2.45) is 0 Å². The van der Waals surface area contributed by atoms with Crippen molar-refractivity contribution >= 4 is 22.9 Å². The van der Waals surface area contributed by atoms with Crippen LogP contribution in [-0.4, -0.2) is 46.8 Å². The van der Waals surface area contributed by atoms with E-state index in [1.807, 2.05) is 6.08 Å². The fourth-order valence-corrected chi connectivity index (χ4v) is 6.01. The lowest BCUT2D eigenvalue weighted by Gasteiger charge is -2.48. The Kier molecular flexibility index (Phi) is 5.40. The molecule has 0 bridgehead atoms. The Bertz CT molecular complexity index is 598. The highest BCUT2D eigenvalue weighted by molar-refractivity contribution is 6.74. The van der Waals surface area contributed by atoms with Gasteiger partial charge < -0.3 is 13.6 Å². The van der Waals surface area contributed by atoms with Crippen molar-refractivity contribution in [1.29, 1.82) is 0 Å². The maximum atomic E-state index is 11.5. The van der Waals surface area contributed by atoms with Gasteiger partial charge in [-0.25, -0.2) is 0 Å². The second kappa shape index (κ2) is 6.37. The Morgan fingerprint density at radius 2 is 1.58 bits per heavy atom. The van der Waals surface area contributed by atoms with Crippen LogP contribution in [0.4, 0.5) is 0 Å². The molecule has 1 aliphatic carbocycles. The van der Waals surface area contributed by atoms with Gasteiger partial charge in [-0.05, 0) is 49.3 Å². The molecule has 1 saturated heterocycles. The molecule has 0 radical (unpaired) electrons. The molecule has 0 amide bonds. The molecule has 4 nitrogen and oxygen atoms in total. The van der Waals surface area contributed by atoms with Crippen LogP contribution in [0.5, 0.6) is 0 Å². The first-order valence-electron chi connectivity index (χ1n) is 9.70. The summed E-state index contributed by atoms with van der Waals surface area (Å²) >= 11 is 0. The summed E-state index contributed by atoms with van der Waals surface area (Å²) in [5.41, 5.74) is 0.0405. The first-order chi connectivity index (χ1) is 11.5. The monoisotopic (exact) mass is 398 g/mol. The number of hydrogen-bond donors (Lipinski definition) is 0. The van der Waals surface area contributed by atoms with Gasteiger partial charge in [0.05, 0.1) is 6.10 Å². The minimum Gasteiger partial charge on any atom is -0.411 e. The standard InChI is InChI=1S/C20H38O4Si2/c1-14(23-25(8,9)18(2,3)4)20(24-26(10,11)19(5,6)7)12-15(13-21)16-17(20)22-16/h12-14,16-17H,1-11H3/t14-,16+,17+,20+/m0/s1. The molecular weight excluding hydrogens is 360 g/mol. The maximum Gasteiger partial charge on any atom is 0.193 e. The quantitative estimate of drug-likeness (QED) is 0.356.